The summed E-state index contributed by atoms with van der Waals surface area (Å²) in [5, 5.41) is 28.9. The average molecular weight is 356 g/mol. The Balaban J connectivity index is 2.78. The van der Waals surface area contributed by atoms with Crippen LogP contribution in [-0.4, -0.2) is 39.3 Å². The summed E-state index contributed by atoms with van der Waals surface area (Å²) < 4.78 is 30.9. The van der Waals surface area contributed by atoms with Gasteiger partial charge in [-0.3, -0.25) is 9.59 Å². The van der Waals surface area contributed by atoms with Crippen molar-refractivity contribution >= 4 is 11.8 Å². The number of aliphatic hydroxyl groups is 2. The molecule has 0 bridgehead atoms. The van der Waals surface area contributed by atoms with Crippen LogP contribution in [0.1, 0.15) is 70.1 Å². The Morgan fingerprint density at radius 2 is 2.16 bits per heavy atom. The minimum atomic E-state index is -2.60. The highest BCUT2D eigenvalue weighted by Crippen LogP contribution is 2.33. The number of carboxylic acid groups (broad SMARTS) is 1. The maximum absolute atomic E-state index is 12.2. The number of hydrogen-bond acceptors (Lipinski definition) is 4. The van der Waals surface area contributed by atoms with Gasteiger partial charge in [0.2, 0.25) is 0 Å². The predicted octanol–water partition coefficient (Wildman–Crippen LogP) is 3.25. The van der Waals surface area contributed by atoms with Crippen molar-refractivity contribution in [3.8, 4) is 0 Å². The van der Waals surface area contributed by atoms with E-state index in [4.69, 9.17) is 10.6 Å². The van der Waals surface area contributed by atoms with Gasteiger partial charge >= 0.3 is 5.97 Å². The number of carbonyl (C=O) groups excluding carboxylic acids is 1. The molecule has 0 radical (unpaired) electrons. The molecule has 0 aliphatic heterocycles. The van der Waals surface area contributed by atoms with Crippen molar-refractivity contribution in [2.45, 2.75) is 76.8 Å². The summed E-state index contributed by atoms with van der Waals surface area (Å²) in [4.78, 5) is 23.0. The second-order valence-corrected chi connectivity index (χ2v) is 6.40. The topological polar surface area (TPSA) is 94.8 Å². The van der Waals surface area contributed by atoms with Gasteiger partial charge in [-0.05, 0) is 25.6 Å². The summed E-state index contributed by atoms with van der Waals surface area (Å²) in [6.45, 7) is 2.07. The molecular formula is C20H32O5. The van der Waals surface area contributed by atoms with Crippen LogP contribution in [0.2, 0.25) is 0 Å². The SMILES string of the molecule is [2H]C([2H])(/C=C\C[C@H]1C(=O)C[C@@H](O)[C@@H]1/C=C/[C@@H](O)CCCCC)C([2H])([2H])CC(=O)O. The Morgan fingerprint density at radius 1 is 1.40 bits per heavy atom. The van der Waals surface area contributed by atoms with E-state index in [1.54, 1.807) is 12.2 Å². The van der Waals surface area contributed by atoms with Gasteiger partial charge in [0.05, 0.1) is 12.2 Å². The van der Waals surface area contributed by atoms with Gasteiger partial charge in [0.1, 0.15) is 5.78 Å². The van der Waals surface area contributed by atoms with E-state index >= 15 is 0 Å². The maximum Gasteiger partial charge on any atom is 0.303 e. The van der Waals surface area contributed by atoms with Crippen LogP contribution in [0.5, 0.6) is 0 Å². The van der Waals surface area contributed by atoms with E-state index in [0.717, 1.165) is 25.3 Å². The lowest BCUT2D eigenvalue weighted by atomic mass is 9.90. The monoisotopic (exact) mass is 356 g/mol. The number of aliphatic hydroxyl groups excluding tert-OH is 2. The third-order valence-electron chi connectivity index (χ3n) is 4.32. The normalized spacial score (nSPS) is 28.8. The lowest BCUT2D eigenvalue weighted by Gasteiger charge is -2.16. The lowest BCUT2D eigenvalue weighted by molar-refractivity contribution is -0.137. The van der Waals surface area contributed by atoms with Crippen molar-refractivity contribution in [3.05, 3.63) is 24.3 Å². The van der Waals surface area contributed by atoms with Crippen molar-refractivity contribution in [1.29, 1.82) is 0 Å². The summed E-state index contributed by atoms with van der Waals surface area (Å²) in [6, 6.07) is 0. The van der Waals surface area contributed by atoms with Crippen LogP contribution in [0.3, 0.4) is 0 Å². The number of hydrogen-bond donors (Lipinski definition) is 3. The number of aliphatic carboxylic acids is 1. The first-order valence-corrected chi connectivity index (χ1v) is 8.88. The molecular weight excluding hydrogens is 320 g/mol. The molecule has 0 aromatic heterocycles. The van der Waals surface area contributed by atoms with Gasteiger partial charge in [0.25, 0.3) is 0 Å². The van der Waals surface area contributed by atoms with E-state index in [-0.39, 0.29) is 18.6 Å². The molecule has 0 amide bonds. The zero-order chi connectivity index (χ0) is 22.2. The smallest absolute Gasteiger partial charge is 0.303 e. The van der Waals surface area contributed by atoms with Crippen molar-refractivity contribution in [1.82, 2.24) is 0 Å². The van der Waals surface area contributed by atoms with Gasteiger partial charge in [-0.2, -0.15) is 0 Å². The van der Waals surface area contributed by atoms with Crippen molar-refractivity contribution < 1.29 is 30.4 Å². The molecule has 1 saturated carbocycles. The van der Waals surface area contributed by atoms with Crippen molar-refractivity contribution in [2.75, 3.05) is 0 Å². The van der Waals surface area contributed by atoms with Gasteiger partial charge in [-0.1, -0.05) is 50.5 Å². The molecule has 3 N–H and O–H groups in total. The van der Waals surface area contributed by atoms with Gasteiger partial charge in [0, 0.05) is 30.2 Å². The van der Waals surface area contributed by atoms with Crippen LogP contribution >= 0.6 is 0 Å². The van der Waals surface area contributed by atoms with Crippen LogP contribution in [0, 0.1) is 11.8 Å². The van der Waals surface area contributed by atoms with Crippen LogP contribution in [-0.2, 0) is 9.59 Å². The fraction of sp³-hybridized carbons (Fsp3) is 0.700. The average Bonchev–Trinajstić information content (AvgIpc) is 2.85. The summed E-state index contributed by atoms with van der Waals surface area (Å²) in [7, 11) is 0. The van der Waals surface area contributed by atoms with Gasteiger partial charge in [-0.25, -0.2) is 0 Å². The number of carboxylic acids is 1. The van der Waals surface area contributed by atoms with Gasteiger partial charge in [0.15, 0.2) is 0 Å². The van der Waals surface area contributed by atoms with E-state index in [9.17, 15) is 19.8 Å². The number of rotatable bonds is 12. The molecule has 142 valence electrons. The summed E-state index contributed by atoms with van der Waals surface area (Å²) in [5.41, 5.74) is 0. The first-order valence-electron chi connectivity index (χ1n) is 10.9. The number of ketones is 1. The van der Waals surface area contributed by atoms with Crippen LogP contribution in [0.4, 0.5) is 0 Å². The van der Waals surface area contributed by atoms with E-state index in [0.29, 0.717) is 6.42 Å². The Kier molecular flexibility index (Phi) is 7.56. The molecule has 0 unspecified atom stereocenters. The molecule has 0 saturated heterocycles. The largest absolute Gasteiger partial charge is 0.481 e. The number of unbranched alkanes of at least 4 members (excludes halogenated alkanes) is 2. The third-order valence-corrected chi connectivity index (χ3v) is 4.32. The molecule has 1 aliphatic carbocycles. The minimum Gasteiger partial charge on any atom is -0.481 e. The van der Waals surface area contributed by atoms with Crippen LogP contribution < -0.4 is 0 Å². The van der Waals surface area contributed by atoms with E-state index < -0.39 is 49.2 Å². The van der Waals surface area contributed by atoms with Crippen molar-refractivity contribution in [2.24, 2.45) is 11.8 Å². The molecule has 5 nitrogen and oxygen atoms in total. The highest BCUT2D eigenvalue weighted by atomic mass is 16.4. The third kappa shape index (κ3) is 8.45. The quantitative estimate of drug-likeness (QED) is 0.368. The first kappa shape index (κ1) is 15.8. The molecule has 0 heterocycles. The zero-order valence-electron chi connectivity index (χ0n) is 18.7. The highest BCUT2D eigenvalue weighted by Gasteiger charge is 2.39. The summed E-state index contributed by atoms with van der Waals surface area (Å²) in [5.74, 6) is -2.72. The van der Waals surface area contributed by atoms with E-state index in [2.05, 4.69) is 6.92 Å². The van der Waals surface area contributed by atoms with Gasteiger partial charge in [-0.15, -0.1) is 0 Å². The number of Topliss-reactive ketones (excluding diaryl/α,β-unsaturated/α-hetero) is 1. The van der Waals surface area contributed by atoms with E-state index in [1.807, 2.05) is 0 Å². The summed E-state index contributed by atoms with van der Waals surface area (Å²) in [6.07, 6.45) is 1.49. The standard InChI is InChI=1S/C20H32O5/c1-2-3-6-9-15(21)12-13-17-16(18(22)14-19(17)23)10-7-4-5-8-11-20(24)25/h4,7,12-13,15-17,19,21,23H,2-3,5-6,8-11,14H2,1H3,(H,24,25)/b7-4-,13-12+/t15-,16+,17+,19+/m0/s1/i5D2,8D2. The Labute approximate surface area is 156 Å². The van der Waals surface area contributed by atoms with E-state index in [1.165, 1.54) is 6.08 Å². The Morgan fingerprint density at radius 3 is 2.84 bits per heavy atom. The van der Waals surface area contributed by atoms with Gasteiger partial charge < -0.3 is 15.3 Å². The van der Waals surface area contributed by atoms with Crippen LogP contribution in [0.25, 0.3) is 0 Å². The number of carbonyl (C=O) groups is 2. The molecule has 4 atom stereocenters. The zero-order valence-corrected chi connectivity index (χ0v) is 14.7. The lowest BCUT2D eigenvalue weighted by Crippen LogP contribution is -2.18. The van der Waals surface area contributed by atoms with Crippen molar-refractivity contribution in [3.63, 3.8) is 0 Å². The second-order valence-electron chi connectivity index (χ2n) is 6.40. The molecule has 1 fully saturated rings. The molecule has 1 rings (SSSR count). The minimum absolute atomic E-state index is 0.0217. The molecule has 0 aromatic carbocycles. The Hall–Kier alpha value is -1.46. The highest BCUT2D eigenvalue weighted by molar-refractivity contribution is 5.84. The fourth-order valence-electron chi connectivity index (χ4n) is 2.94. The fourth-order valence-corrected chi connectivity index (χ4v) is 2.94. The molecule has 25 heavy (non-hydrogen) atoms. The second kappa shape index (κ2) is 12.0. The maximum atomic E-state index is 12.2. The Bertz CT molecular complexity index is 618. The molecule has 1 aliphatic rings. The predicted molar refractivity (Wildman–Crippen MR) is 97.1 cm³/mol. The first-order chi connectivity index (χ1) is 13.4. The number of allylic oxidation sites excluding steroid dienone is 2. The molecule has 0 aromatic rings. The molecule has 0 spiro atoms. The molecule has 5 heteroatoms. The van der Waals surface area contributed by atoms with Crippen LogP contribution in [0.15, 0.2) is 24.3 Å². The summed E-state index contributed by atoms with van der Waals surface area (Å²) >= 11 is 0.